The summed E-state index contributed by atoms with van der Waals surface area (Å²) in [6.07, 6.45) is 0. The second kappa shape index (κ2) is 7.92. The first kappa shape index (κ1) is 12.8. The molecule has 0 amide bonds. The first-order chi connectivity index (χ1) is 7.86. The Morgan fingerprint density at radius 1 is 1.12 bits per heavy atom. The highest BCUT2D eigenvalue weighted by atomic mass is 16.5. The van der Waals surface area contributed by atoms with Crippen LogP contribution < -0.4 is 20.7 Å². The molecule has 0 saturated heterocycles. The van der Waals surface area contributed by atoms with Gasteiger partial charge in [-0.05, 0) is 12.1 Å². The minimum Gasteiger partial charge on any atom is -0.492 e. The van der Waals surface area contributed by atoms with Crippen molar-refractivity contribution < 1.29 is 14.2 Å². The molecule has 5 nitrogen and oxygen atoms in total. The molecule has 1 rings (SSSR count). The quantitative estimate of drug-likeness (QED) is 0.385. The molecule has 0 fully saturated rings. The van der Waals surface area contributed by atoms with Crippen molar-refractivity contribution in [3.63, 3.8) is 0 Å². The Labute approximate surface area is 95.5 Å². The zero-order valence-electron chi connectivity index (χ0n) is 9.44. The summed E-state index contributed by atoms with van der Waals surface area (Å²) in [6.45, 7) is 2.24. The van der Waals surface area contributed by atoms with Gasteiger partial charge in [0.25, 0.3) is 0 Å². The molecule has 0 heterocycles. The Morgan fingerprint density at radius 3 is 2.44 bits per heavy atom. The van der Waals surface area contributed by atoms with Crippen molar-refractivity contribution in [1.82, 2.24) is 5.43 Å². The molecule has 0 aliphatic carbocycles. The maximum atomic E-state index is 5.45. The normalized spacial score (nSPS) is 10.1. The fourth-order valence-corrected chi connectivity index (χ4v) is 1.12. The van der Waals surface area contributed by atoms with Gasteiger partial charge >= 0.3 is 0 Å². The van der Waals surface area contributed by atoms with E-state index >= 15 is 0 Å². The number of hydrogen-bond acceptors (Lipinski definition) is 5. The van der Waals surface area contributed by atoms with Gasteiger partial charge in [-0.2, -0.15) is 0 Å². The molecule has 1 aromatic carbocycles. The topological polar surface area (TPSA) is 65.7 Å². The van der Waals surface area contributed by atoms with Crippen LogP contribution in [0.15, 0.2) is 24.3 Å². The van der Waals surface area contributed by atoms with E-state index in [9.17, 15) is 0 Å². The van der Waals surface area contributed by atoms with Gasteiger partial charge in [0.2, 0.25) is 0 Å². The van der Waals surface area contributed by atoms with E-state index in [4.69, 9.17) is 20.1 Å². The first-order valence-electron chi connectivity index (χ1n) is 5.15. The van der Waals surface area contributed by atoms with Gasteiger partial charge < -0.3 is 14.2 Å². The molecule has 16 heavy (non-hydrogen) atoms. The summed E-state index contributed by atoms with van der Waals surface area (Å²) in [4.78, 5) is 0. The number of hydrazine groups is 1. The summed E-state index contributed by atoms with van der Waals surface area (Å²) < 4.78 is 15.8. The average Bonchev–Trinajstić information content (AvgIpc) is 2.30. The van der Waals surface area contributed by atoms with Gasteiger partial charge in [-0.3, -0.25) is 11.3 Å². The van der Waals surface area contributed by atoms with Gasteiger partial charge in [0, 0.05) is 19.7 Å². The van der Waals surface area contributed by atoms with Crippen LogP contribution in [0, 0.1) is 0 Å². The number of benzene rings is 1. The van der Waals surface area contributed by atoms with Crippen molar-refractivity contribution in [3.05, 3.63) is 24.3 Å². The third-order valence-electron chi connectivity index (χ3n) is 1.88. The Hall–Kier alpha value is -1.30. The van der Waals surface area contributed by atoms with Crippen LogP contribution in [0.1, 0.15) is 0 Å². The molecule has 0 unspecified atom stereocenters. The minimum absolute atomic E-state index is 0.526. The van der Waals surface area contributed by atoms with Gasteiger partial charge in [0.05, 0.1) is 6.61 Å². The van der Waals surface area contributed by atoms with Crippen molar-refractivity contribution in [2.24, 2.45) is 5.84 Å². The van der Waals surface area contributed by atoms with E-state index in [0.717, 1.165) is 11.5 Å². The van der Waals surface area contributed by atoms with Crippen molar-refractivity contribution in [1.29, 1.82) is 0 Å². The molecular formula is C11H18N2O3. The van der Waals surface area contributed by atoms with Gasteiger partial charge in [-0.15, -0.1) is 0 Å². The Morgan fingerprint density at radius 2 is 1.81 bits per heavy atom. The molecule has 5 heteroatoms. The summed E-state index contributed by atoms with van der Waals surface area (Å²) in [5, 5.41) is 0. The molecule has 0 aliphatic rings. The van der Waals surface area contributed by atoms with Crippen molar-refractivity contribution in [2.45, 2.75) is 0 Å². The zero-order valence-corrected chi connectivity index (χ0v) is 9.44. The lowest BCUT2D eigenvalue weighted by molar-refractivity contribution is 0.146. The maximum Gasteiger partial charge on any atom is 0.123 e. The summed E-state index contributed by atoms with van der Waals surface area (Å²) in [7, 11) is 1.64. The second-order valence-corrected chi connectivity index (χ2v) is 3.12. The van der Waals surface area contributed by atoms with Crippen molar-refractivity contribution in [2.75, 3.05) is 33.5 Å². The Balaban J connectivity index is 2.37. The molecule has 0 atom stereocenters. The minimum atomic E-state index is 0.526. The predicted molar refractivity (Wildman–Crippen MR) is 61.5 cm³/mol. The molecule has 0 saturated carbocycles. The molecule has 3 N–H and O–H groups in total. The number of rotatable bonds is 8. The first-order valence-corrected chi connectivity index (χ1v) is 5.15. The van der Waals surface area contributed by atoms with E-state index in [2.05, 4.69) is 5.43 Å². The van der Waals surface area contributed by atoms with Crippen LogP contribution in [0.4, 0.5) is 0 Å². The highest BCUT2D eigenvalue weighted by Gasteiger charge is 1.97. The molecule has 0 spiro atoms. The number of methoxy groups -OCH3 is 1. The maximum absolute atomic E-state index is 5.45. The van der Waals surface area contributed by atoms with Crippen LogP contribution in [-0.4, -0.2) is 33.5 Å². The molecular weight excluding hydrogens is 208 g/mol. The molecule has 0 aliphatic heterocycles. The third kappa shape index (κ3) is 4.97. The van der Waals surface area contributed by atoms with Crippen molar-refractivity contribution >= 4 is 0 Å². The SMILES string of the molecule is COCCOc1cccc(OCCNN)c1. The lowest BCUT2D eigenvalue weighted by atomic mass is 10.3. The number of nitrogens with two attached hydrogens (primary N) is 1. The highest BCUT2D eigenvalue weighted by molar-refractivity contribution is 5.32. The zero-order chi connectivity index (χ0) is 11.6. The van der Waals surface area contributed by atoms with E-state index in [-0.39, 0.29) is 0 Å². The van der Waals surface area contributed by atoms with Crippen molar-refractivity contribution in [3.8, 4) is 11.5 Å². The average molecular weight is 226 g/mol. The number of hydrogen-bond donors (Lipinski definition) is 2. The third-order valence-corrected chi connectivity index (χ3v) is 1.88. The molecule has 0 radical (unpaired) electrons. The Bertz CT molecular complexity index is 269. The molecule has 0 aromatic heterocycles. The molecule has 0 bridgehead atoms. The number of nitrogens with one attached hydrogen (secondary N) is 1. The van der Waals surface area contributed by atoms with E-state index in [1.807, 2.05) is 24.3 Å². The standard InChI is InChI=1S/C11H18N2O3/c1-14-7-8-16-11-4-2-3-10(9-11)15-6-5-13-12/h2-4,9,13H,5-8,12H2,1H3. The monoisotopic (exact) mass is 226 g/mol. The van der Waals surface area contributed by atoms with E-state index in [1.54, 1.807) is 7.11 Å². The number of ether oxygens (including phenoxy) is 3. The molecule has 90 valence electrons. The summed E-state index contributed by atoms with van der Waals surface area (Å²) in [5.74, 6) is 6.68. The van der Waals surface area contributed by atoms with Gasteiger partial charge in [-0.1, -0.05) is 6.07 Å². The summed E-state index contributed by atoms with van der Waals surface area (Å²) >= 11 is 0. The highest BCUT2D eigenvalue weighted by Crippen LogP contribution is 2.19. The van der Waals surface area contributed by atoms with Crippen LogP contribution in [0.5, 0.6) is 11.5 Å². The Kier molecular flexibility index (Phi) is 6.32. The summed E-state index contributed by atoms with van der Waals surface area (Å²) in [6, 6.07) is 7.48. The second-order valence-electron chi connectivity index (χ2n) is 3.12. The lowest BCUT2D eigenvalue weighted by Crippen LogP contribution is -2.27. The lowest BCUT2D eigenvalue weighted by Gasteiger charge is -2.08. The van der Waals surface area contributed by atoms with E-state index in [1.165, 1.54) is 0 Å². The van der Waals surface area contributed by atoms with Crippen LogP contribution in [0.3, 0.4) is 0 Å². The van der Waals surface area contributed by atoms with Gasteiger partial charge in [0.15, 0.2) is 0 Å². The van der Waals surface area contributed by atoms with E-state index in [0.29, 0.717) is 26.4 Å². The fraction of sp³-hybridized carbons (Fsp3) is 0.455. The van der Waals surface area contributed by atoms with Crippen LogP contribution in [0.25, 0.3) is 0 Å². The van der Waals surface area contributed by atoms with Gasteiger partial charge in [-0.25, -0.2) is 0 Å². The predicted octanol–water partition coefficient (Wildman–Crippen LogP) is 0.554. The fourth-order valence-electron chi connectivity index (χ4n) is 1.12. The van der Waals surface area contributed by atoms with Crippen LogP contribution >= 0.6 is 0 Å². The smallest absolute Gasteiger partial charge is 0.123 e. The van der Waals surface area contributed by atoms with E-state index < -0.39 is 0 Å². The summed E-state index contributed by atoms with van der Waals surface area (Å²) in [5.41, 5.74) is 2.52. The largest absolute Gasteiger partial charge is 0.492 e. The van der Waals surface area contributed by atoms with Gasteiger partial charge in [0.1, 0.15) is 24.7 Å². The van der Waals surface area contributed by atoms with Crippen LogP contribution in [-0.2, 0) is 4.74 Å². The van der Waals surface area contributed by atoms with Crippen LogP contribution in [0.2, 0.25) is 0 Å². The molecule has 1 aromatic rings.